The van der Waals surface area contributed by atoms with Crippen molar-refractivity contribution in [2.24, 2.45) is 0 Å². The number of fused-ring (bicyclic) bond motifs is 5. The van der Waals surface area contributed by atoms with Crippen LogP contribution in [0.25, 0.3) is 5.65 Å². The van der Waals surface area contributed by atoms with Gasteiger partial charge in [0, 0.05) is 30.7 Å². The summed E-state index contributed by atoms with van der Waals surface area (Å²) in [6.45, 7) is 5.61. The maximum absolute atomic E-state index is 6.27. The number of aromatic nitrogens is 2. The first-order valence-corrected chi connectivity index (χ1v) is 9.27. The highest BCUT2D eigenvalue weighted by Gasteiger charge is 2.41. The molecular weight excluding hydrogens is 326 g/mol. The number of pyridine rings is 1. The topological polar surface area (TPSA) is 47.8 Å². The van der Waals surface area contributed by atoms with Crippen molar-refractivity contribution in [3.05, 3.63) is 65.1 Å². The van der Waals surface area contributed by atoms with Gasteiger partial charge in [0.2, 0.25) is 0 Å². The molecule has 0 saturated carbocycles. The number of nitrogens with one attached hydrogen (secondary N) is 1. The molecular formula is C21H23N3O2. The van der Waals surface area contributed by atoms with Gasteiger partial charge in [-0.15, -0.1) is 0 Å². The van der Waals surface area contributed by atoms with Gasteiger partial charge in [-0.25, -0.2) is 4.98 Å². The largest absolute Gasteiger partial charge is 0.373 e. The lowest BCUT2D eigenvalue weighted by molar-refractivity contribution is -0.0507. The molecule has 0 amide bonds. The second-order valence-corrected chi connectivity index (χ2v) is 7.14. The number of hydrogen-bond donors (Lipinski definition) is 1. The van der Waals surface area contributed by atoms with E-state index in [1.807, 2.05) is 6.07 Å². The SMILES string of the molecule is Cc1nc2c3c(ccn2c1C)[C@@H]1OCCCO[C@@H]1[C@@H](c1ccccc1)N3. The Morgan fingerprint density at radius 3 is 2.73 bits per heavy atom. The Labute approximate surface area is 153 Å². The molecule has 1 fully saturated rings. The third-order valence-corrected chi connectivity index (χ3v) is 5.59. The molecule has 4 heterocycles. The van der Waals surface area contributed by atoms with Crippen molar-refractivity contribution in [1.82, 2.24) is 9.38 Å². The van der Waals surface area contributed by atoms with Gasteiger partial charge in [0.1, 0.15) is 12.2 Å². The van der Waals surface area contributed by atoms with Gasteiger partial charge in [-0.2, -0.15) is 0 Å². The monoisotopic (exact) mass is 349 g/mol. The summed E-state index contributed by atoms with van der Waals surface area (Å²) in [4.78, 5) is 4.82. The third kappa shape index (κ3) is 2.35. The van der Waals surface area contributed by atoms with Gasteiger partial charge in [0.05, 0.1) is 17.4 Å². The summed E-state index contributed by atoms with van der Waals surface area (Å²) in [5.74, 6) is 0. The maximum atomic E-state index is 6.27. The van der Waals surface area contributed by atoms with Crippen LogP contribution in [0.4, 0.5) is 5.69 Å². The molecule has 134 valence electrons. The third-order valence-electron chi connectivity index (χ3n) is 5.59. The van der Waals surface area contributed by atoms with Crippen LogP contribution in [0, 0.1) is 13.8 Å². The Hall–Kier alpha value is -2.37. The van der Waals surface area contributed by atoms with Crippen LogP contribution in [0.1, 0.15) is 41.1 Å². The van der Waals surface area contributed by atoms with Crippen LogP contribution in [-0.4, -0.2) is 28.7 Å². The van der Waals surface area contributed by atoms with E-state index in [1.165, 1.54) is 11.3 Å². The van der Waals surface area contributed by atoms with E-state index in [0.29, 0.717) is 0 Å². The van der Waals surface area contributed by atoms with Gasteiger partial charge < -0.3 is 19.2 Å². The quantitative estimate of drug-likeness (QED) is 0.722. The average molecular weight is 349 g/mol. The molecule has 0 unspecified atom stereocenters. The van der Waals surface area contributed by atoms with Crippen molar-refractivity contribution >= 4 is 11.3 Å². The normalized spacial score (nSPS) is 25.2. The molecule has 5 nitrogen and oxygen atoms in total. The van der Waals surface area contributed by atoms with Gasteiger partial charge in [0.25, 0.3) is 0 Å². The second-order valence-electron chi connectivity index (χ2n) is 7.14. The van der Waals surface area contributed by atoms with Crippen LogP contribution in [0.5, 0.6) is 0 Å². The van der Waals surface area contributed by atoms with Crippen LogP contribution < -0.4 is 5.32 Å². The molecule has 2 aliphatic rings. The fraction of sp³-hybridized carbons (Fsp3) is 0.381. The second kappa shape index (κ2) is 6.11. The highest BCUT2D eigenvalue weighted by molar-refractivity contribution is 5.75. The number of aryl methyl sites for hydroxylation is 2. The Morgan fingerprint density at radius 1 is 1.08 bits per heavy atom. The summed E-state index contributed by atoms with van der Waals surface area (Å²) in [5.41, 5.74) is 6.59. The predicted octanol–water partition coefficient (Wildman–Crippen LogP) is 3.96. The Morgan fingerprint density at radius 2 is 1.88 bits per heavy atom. The van der Waals surface area contributed by atoms with Crippen LogP contribution in [0.15, 0.2) is 42.6 Å². The highest BCUT2D eigenvalue weighted by atomic mass is 16.6. The van der Waals surface area contributed by atoms with Crippen molar-refractivity contribution < 1.29 is 9.47 Å². The summed E-state index contributed by atoms with van der Waals surface area (Å²) >= 11 is 0. The minimum absolute atomic E-state index is 0.0373. The molecule has 0 aliphatic carbocycles. The summed E-state index contributed by atoms with van der Waals surface area (Å²) in [5, 5.41) is 3.74. The molecule has 0 spiro atoms. The Balaban J connectivity index is 1.71. The van der Waals surface area contributed by atoms with Gasteiger partial charge >= 0.3 is 0 Å². The lowest BCUT2D eigenvalue weighted by Crippen LogP contribution is -2.38. The van der Waals surface area contributed by atoms with Gasteiger partial charge in [-0.05, 0) is 31.9 Å². The van der Waals surface area contributed by atoms with E-state index in [0.717, 1.165) is 42.2 Å². The van der Waals surface area contributed by atoms with E-state index in [-0.39, 0.29) is 18.2 Å². The summed E-state index contributed by atoms with van der Waals surface area (Å²) in [6, 6.07) is 12.7. The zero-order valence-corrected chi connectivity index (χ0v) is 15.1. The Kier molecular flexibility index (Phi) is 3.72. The fourth-order valence-corrected chi connectivity index (χ4v) is 4.12. The van der Waals surface area contributed by atoms with Crippen molar-refractivity contribution in [2.45, 2.75) is 38.5 Å². The smallest absolute Gasteiger partial charge is 0.161 e. The minimum Gasteiger partial charge on any atom is -0.373 e. The zero-order valence-electron chi connectivity index (χ0n) is 15.1. The van der Waals surface area contributed by atoms with E-state index in [9.17, 15) is 0 Å². The van der Waals surface area contributed by atoms with E-state index in [1.54, 1.807) is 0 Å². The number of anilines is 1. The molecule has 1 aromatic carbocycles. The van der Waals surface area contributed by atoms with E-state index < -0.39 is 0 Å². The fourth-order valence-electron chi connectivity index (χ4n) is 4.12. The first-order chi connectivity index (χ1) is 12.7. The molecule has 1 saturated heterocycles. The van der Waals surface area contributed by atoms with E-state index in [2.05, 4.69) is 60.1 Å². The van der Waals surface area contributed by atoms with Crippen LogP contribution in [-0.2, 0) is 9.47 Å². The molecule has 0 radical (unpaired) electrons. The van der Waals surface area contributed by atoms with Crippen LogP contribution >= 0.6 is 0 Å². The molecule has 5 rings (SSSR count). The molecule has 3 atom stereocenters. The number of benzene rings is 1. The predicted molar refractivity (Wildman–Crippen MR) is 101 cm³/mol. The molecule has 0 bridgehead atoms. The Bertz CT molecular complexity index is 951. The standard InChI is InChI=1S/C21H23N3O2/c1-13-14(2)24-10-9-16-18(21(24)22-13)23-17(15-7-4-3-5-8-15)20-19(16)25-11-6-12-26-20/h3-5,7-10,17,19-20,23H,6,11-12H2,1-2H3/t17-,19+,20-/m1/s1. The van der Waals surface area contributed by atoms with Crippen molar-refractivity contribution in [1.29, 1.82) is 0 Å². The van der Waals surface area contributed by atoms with Crippen molar-refractivity contribution in [3.63, 3.8) is 0 Å². The van der Waals surface area contributed by atoms with Gasteiger partial charge in [0.15, 0.2) is 5.65 Å². The summed E-state index contributed by atoms with van der Waals surface area (Å²) in [7, 11) is 0. The van der Waals surface area contributed by atoms with Gasteiger partial charge in [-0.3, -0.25) is 0 Å². The molecule has 2 aliphatic heterocycles. The number of ether oxygens (including phenoxy) is 2. The number of rotatable bonds is 1. The lowest BCUT2D eigenvalue weighted by atomic mass is 9.88. The molecule has 2 aromatic heterocycles. The lowest BCUT2D eigenvalue weighted by Gasteiger charge is -2.39. The first-order valence-electron chi connectivity index (χ1n) is 9.27. The number of hydrogen-bond acceptors (Lipinski definition) is 4. The molecule has 26 heavy (non-hydrogen) atoms. The maximum Gasteiger partial charge on any atom is 0.161 e. The molecule has 3 aromatic rings. The number of nitrogens with zero attached hydrogens (tertiary/aromatic N) is 2. The summed E-state index contributed by atoms with van der Waals surface area (Å²) in [6.07, 6.45) is 2.89. The molecule has 5 heteroatoms. The number of imidazole rings is 1. The zero-order chi connectivity index (χ0) is 17.7. The van der Waals surface area contributed by atoms with Crippen molar-refractivity contribution in [3.8, 4) is 0 Å². The van der Waals surface area contributed by atoms with Crippen LogP contribution in [0.3, 0.4) is 0 Å². The minimum atomic E-state index is -0.0822. The first kappa shape index (κ1) is 15.9. The molecule has 1 N–H and O–H groups in total. The van der Waals surface area contributed by atoms with Gasteiger partial charge in [-0.1, -0.05) is 30.3 Å². The van der Waals surface area contributed by atoms with E-state index >= 15 is 0 Å². The average Bonchev–Trinajstić information content (AvgIpc) is 2.85. The van der Waals surface area contributed by atoms with Crippen LogP contribution in [0.2, 0.25) is 0 Å². The highest BCUT2D eigenvalue weighted by Crippen LogP contribution is 2.45. The van der Waals surface area contributed by atoms with Crippen molar-refractivity contribution in [2.75, 3.05) is 18.5 Å². The summed E-state index contributed by atoms with van der Waals surface area (Å²) < 4.78 is 14.7. The van der Waals surface area contributed by atoms with E-state index in [4.69, 9.17) is 14.5 Å².